The van der Waals surface area contributed by atoms with Gasteiger partial charge in [-0.25, -0.2) is 0 Å². The molecule has 1 fully saturated rings. The summed E-state index contributed by atoms with van der Waals surface area (Å²) in [4.78, 5) is 15.2. The maximum absolute atomic E-state index is 12.2. The Labute approximate surface area is 112 Å². The highest BCUT2D eigenvalue weighted by Crippen LogP contribution is 2.18. The first-order valence-electron chi connectivity index (χ1n) is 6.39. The molecule has 0 radical (unpaired) electrons. The summed E-state index contributed by atoms with van der Waals surface area (Å²) >= 11 is 1.53. The minimum Gasteiger partial charge on any atom is -0.347 e. The first kappa shape index (κ1) is 13.5. The molecule has 2 heterocycles. The summed E-state index contributed by atoms with van der Waals surface area (Å²) in [5.41, 5.74) is 1.12. The van der Waals surface area contributed by atoms with Crippen LogP contribution in [0.15, 0.2) is 11.4 Å². The number of amides is 1. The van der Waals surface area contributed by atoms with Gasteiger partial charge in [-0.2, -0.15) is 0 Å². The van der Waals surface area contributed by atoms with Crippen molar-refractivity contribution in [2.45, 2.75) is 25.4 Å². The topological polar surface area (TPSA) is 44.4 Å². The Kier molecular flexibility index (Phi) is 4.74. The van der Waals surface area contributed by atoms with Crippen LogP contribution in [-0.2, 0) is 6.54 Å². The molecule has 1 aliphatic rings. The highest BCUT2D eigenvalue weighted by atomic mass is 32.1. The van der Waals surface area contributed by atoms with E-state index in [1.165, 1.54) is 11.3 Å². The summed E-state index contributed by atoms with van der Waals surface area (Å²) in [5.74, 6) is 0.0792. The lowest BCUT2D eigenvalue weighted by Gasteiger charge is -2.23. The van der Waals surface area contributed by atoms with Crippen LogP contribution in [0.4, 0.5) is 0 Å². The zero-order valence-electron chi connectivity index (χ0n) is 11.0. The van der Waals surface area contributed by atoms with Crippen LogP contribution in [0.25, 0.3) is 0 Å². The van der Waals surface area contributed by atoms with Gasteiger partial charge in [-0.1, -0.05) is 0 Å². The predicted molar refractivity (Wildman–Crippen MR) is 75.1 cm³/mol. The molecular weight excluding hydrogens is 246 g/mol. The Bertz CT molecular complexity index is 397. The average molecular weight is 267 g/mol. The Hall–Kier alpha value is -0.910. The number of piperidine rings is 1. The van der Waals surface area contributed by atoms with Gasteiger partial charge in [-0.15, -0.1) is 11.3 Å². The summed E-state index contributed by atoms with van der Waals surface area (Å²) in [6.45, 7) is 2.77. The number of hydrogen-bond acceptors (Lipinski definition) is 4. The van der Waals surface area contributed by atoms with Crippen LogP contribution < -0.4 is 10.6 Å². The van der Waals surface area contributed by atoms with Crippen molar-refractivity contribution in [3.05, 3.63) is 21.9 Å². The van der Waals surface area contributed by atoms with Gasteiger partial charge >= 0.3 is 0 Å². The lowest BCUT2D eigenvalue weighted by atomic mass is 10.1. The molecule has 1 aromatic rings. The van der Waals surface area contributed by atoms with E-state index in [4.69, 9.17) is 0 Å². The van der Waals surface area contributed by atoms with Crippen molar-refractivity contribution >= 4 is 17.2 Å². The van der Waals surface area contributed by atoms with E-state index in [9.17, 15) is 4.79 Å². The van der Waals surface area contributed by atoms with Gasteiger partial charge < -0.3 is 15.5 Å². The van der Waals surface area contributed by atoms with Gasteiger partial charge in [0.2, 0.25) is 0 Å². The number of carbonyl (C=O) groups is 1. The summed E-state index contributed by atoms with van der Waals surface area (Å²) in [5, 5.41) is 8.43. The van der Waals surface area contributed by atoms with Crippen LogP contribution in [0.2, 0.25) is 0 Å². The van der Waals surface area contributed by atoms with Gasteiger partial charge in [0, 0.05) is 19.1 Å². The summed E-state index contributed by atoms with van der Waals surface area (Å²) in [6.07, 6.45) is 2.22. The van der Waals surface area contributed by atoms with E-state index in [0.717, 1.165) is 42.9 Å². The molecule has 100 valence electrons. The van der Waals surface area contributed by atoms with Gasteiger partial charge in [-0.3, -0.25) is 4.79 Å². The molecule has 4 nitrogen and oxygen atoms in total. The summed E-state index contributed by atoms with van der Waals surface area (Å²) in [7, 11) is 4.04. The summed E-state index contributed by atoms with van der Waals surface area (Å²) < 4.78 is 0. The van der Waals surface area contributed by atoms with E-state index in [-0.39, 0.29) is 11.9 Å². The zero-order chi connectivity index (χ0) is 13.0. The van der Waals surface area contributed by atoms with Crippen molar-refractivity contribution in [3.63, 3.8) is 0 Å². The Morgan fingerprint density at radius 2 is 2.44 bits per heavy atom. The fourth-order valence-corrected chi connectivity index (χ4v) is 3.04. The second-order valence-electron chi connectivity index (χ2n) is 5.03. The third-order valence-electron chi connectivity index (χ3n) is 3.07. The smallest absolute Gasteiger partial charge is 0.261 e. The normalized spacial score (nSPS) is 20.1. The zero-order valence-corrected chi connectivity index (χ0v) is 11.8. The van der Waals surface area contributed by atoms with Crippen molar-refractivity contribution in [2.75, 3.05) is 27.2 Å². The van der Waals surface area contributed by atoms with Crippen molar-refractivity contribution in [1.29, 1.82) is 0 Å². The molecule has 2 rings (SSSR count). The molecule has 0 aromatic carbocycles. The second kappa shape index (κ2) is 6.31. The molecule has 0 unspecified atom stereocenters. The number of rotatable bonds is 4. The number of carbonyl (C=O) groups excluding carboxylic acids is 1. The molecule has 1 aliphatic heterocycles. The molecular formula is C13H21N3OS. The van der Waals surface area contributed by atoms with Crippen LogP contribution in [0, 0.1) is 0 Å². The molecule has 0 bridgehead atoms. The molecule has 18 heavy (non-hydrogen) atoms. The van der Waals surface area contributed by atoms with Crippen molar-refractivity contribution in [3.8, 4) is 0 Å². The Balaban J connectivity index is 1.97. The monoisotopic (exact) mass is 267 g/mol. The molecule has 2 N–H and O–H groups in total. The molecule has 1 saturated heterocycles. The van der Waals surface area contributed by atoms with E-state index < -0.39 is 0 Å². The van der Waals surface area contributed by atoms with Gasteiger partial charge in [0.25, 0.3) is 5.91 Å². The Morgan fingerprint density at radius 1 is 1.61 bits per heavy atom. The van der Waals surface area contributed by atoms with E-state index in [1.54, 1.807) is 0 Å². The van der Waals surface area contributed by atoms with E-state index >= 15 is 0 Å². The van der Waals surface area contributed by atoms with Crippen LogP contribution in [0.1, 0.15) is 28.1 Å². The van der Waals surface area contributed by atoms with Crippen molar-refractivity contribution < 1.29 is 4.79 Å². The first-order chi connectivity index (χ1) is 8.66. The summed E-state index contributed by atoms with van der Waals surface area (Å²) in [6, 6.07) is 2.32. The quantitative estimate of drug-likeness (QED) is 0.864. The average Bonchev–Trinajstić information content (AvgIpc) is 2.77. The third kappa shape index (κ3) is 3.54. The van der Waals surface area contributed by atoms with E-state index in [0.29, 0.717) is 0 Å². The number of nitrogens with one attached hydrogen (secondary N) is 2. The largest absolute Gasteiger partial charge is 0.347 e. The second-order valence-corrected chi connectivity index (χ2v) is 5.95. The lowest BCUT2D eigenvalue weighted by molar-refractivity contribution is 0.0933. The van der Waals surface area contributed by atoms with Crippen LogP contribution in [0.3, 0.4) is 0 Å². The minimum atomic E-state index is 0.0792. The number of hydrogen-bond donors (Lipinski definition) is 2. The number of thiophene rings is 1. The van der Waals surface area contributed by atoms with E-state index in [2.05, 4.69) is 15.5 Å². The van der Waals surface area contributed by atoms with Crippen molar-refractivity contribution in [1.82, 2.24) is 15.5 Å². The van der Waals surface area contributed by atoms with Gasteiger partial charge in [0.1, 0.15) is 0 Å². The van der Waals surface area contributed by atoms with Gasteiger partial charge in [0.05, 0.1) is 4.88 Å². The fraction of sp³-hybridized carbons (Fsp3) is 0.615. The maximum Gasteiger partial charge on any atom is 0.261 e. The molecule has 0 saturated carbocycles. The molecule has 5 heteroatoms. The highest BCUT2D eigenvalue weighted by Gasteiger charge is 2.19. The standard InChI is InChI=1S/C13H21N3OS/c1-16(2)9-10-5-7-18-12(10)13(17)15-11-4-3-6-14-8-11/h5,7,11,14H,3-4,6,8-9H2,1-2H3,(H,15,17)/t11-/m0/s1. The highest BCUT2D eigenvalue weighted by molar-refractivity contribution is 7.12. The van der Waals surface area contributed by atoms with Crippen LogP contribution >= 0.6 is 11.3 Å². The molecule has 0 spiro atoms. The third-order valence-corrected chi connectivity index (χ3v) is 4.03. The van der Waals surface area contributed by atoms with Gasteiger partial charge in [0.15, 0.2) is 0 Å². The van der Waals surface area contributed by atoms with Crippen molar-refractivity contribution in [2.24, 2.45) is 0 Å². The fourth-order valence-electron chi connectivity index (χ4n) is 2.23. The maximum atomic E-state index is 12.2. The minimum absolute atomic E-state index is 0.0792. The van der Waals surface area contributed by atoms with Crippen LogP contribution in [0.5, 0.6) is 0 Å². The van der Waals surface area contributed by atoms with Gasteiger partial charge in [-0.05, 0) is 50.5 Å². The van der Waals surface area contributed by atoms with E-state index in [1.807, 2.05) is 25.5 Å². The lowest BCUT2D eigenvalue weighted by Crippen LogP contribution is -2.45. The predicted octanol–water partition coefficient (Wildman–Crippen LogP) is 1.29. The molecule has 1 atom stereocenters. The SMILES string of the molecule is CN(C)Cc1ccsc1C(=O)N[C@H]1CCCNC1. The van der Waals surface area contributed by atoms with Crippen LogP contribution in [-0.4, -0.2) is 44.0 Å². The molecule has 1 aromatic heterocycles. The molecule has 1 amide bonds. The first-order valence-corrected chi connectivity index (χ1v) is 7.27. The Morgan fingerprint density at radius 3 is 3.11 bits per heavy atom. The molecule has 0 aliphatic carbocycles. The number of nitrogens with zero attached hydrogens (tertiary/aromatic N) is 1.